The third-order valence-corrected chi connectivity index (χ3v) is 5.97. The van der Waals surface area contributed by atoms with Crippen LogP contribution in [-0.2, 0) is 9.59 Å². The molecule has 1 saturated heterocycles. The molecule has 0 aromatic heterocycles. The molecule has 1 aliphatic heterocycles. The number of hydrogen-bond acceptors (Lipinski definition) is 4. The van der Waals surface area contributed by atoms with E-state index in [9.17, 15) is 19.2 Å². The van der Waals surface area contributed by atoms with Crippen molar-refractivity contribution >= 4 is 29.4 Å². The highest BCUT2D eigenvalue weighted by molar-refractivity contribution is 6.07. The Morgan fingerprint density at radius 2 is 1.76 bits per heavy atom. The lowest BCUT2D eigenvalue weighted by atomic mass is 9.76. The summed E-state index contributed by atoms with van der Waals surface area (Å²) >= 11 is 0. The van der Waals surface area contributed by atoms with Gasteiger partial charge in [-0.3, -0.25) is 19.7 Å². The third kappa shape index (κ3) is 4.58. The zero-order valence-corrected chi connectivity index (χ0v) is 17.1. The summed E-state index contributed by atoms with van der Waals surface area (Å²) in [5.74, 6) is -0.793. The van der Waals surface area contributed by atoms with E-state index in [1.807, 2.05) is 20.8 Å². The van der Waals surface area contributed by atoms with Crippen molar-refractivity contribution in [2.45, 2.75) is 64.0 Å². The summed E-state index contributed by atoms with van der Waals surface area (Å²) in [5, 5.41) is 10.8. The van der Waals surface area contributed by atoms with Crippen LogP contribution in [-0.4, -0.2) is 34.8 Å². The lowest BCUT2D eigenvalue weighted by Gasteiger charge is -2.33. The molecular formula is C21H28N4O4. The maximum absolute atomic E-state index is 12.6. The second-order valence-electron chi connectivity index (χ2n) is 8.52. The van der Waals surface area contributed by atoms with Gasteiger partial charge in [-0.15, -0.1) is 0 Å². The highest BCUT2D eigenvalue weighted by Gasteiger charge is 2.48. The number of anilines is 1. The number of carbonyl (C=O) groups is 4. The van der Waals surface area contributed by atoms with E-state index in [0.29, 0.717) is 36.9 Å². The van der Waals surface area contributed by atoms with E-state index in [1.54, 1.807) is 24.3 Å². The number of rotatable bonds is 5. The molecule has 2 aliphatic rings. The molecule has 29 heavy (non-hydrogen) atoms. The Kier molecular flexibility index (Phi) is 5.64. The largest absolute Gasteiger partial charge is 0.347 e. The molecule has 8 heteroatoms. The number of urea groups is 1. The van der Waals surface area contributed by atoms with Crippen molar-refractivity contribution in [1.82, 2.24) is 16.0 Å². The lowest BCUT2D eigenvalue weighted by molar-refractivity contribution is -0.128. The summed E-state index contributed by atoms with van der Waals surface area (Å²) in [7, 11) is 0. The first-order chi connectivity index (χ1) is 13.6. The Morgan fingerprint density at radius 3 is 2.28 bits per heavy atom. The van der Waals surface area contributed by atoms with Crippen LogP contribution in [0.3, 0.4) is 0 Å². The molecule has 1 saturated carbocycles. The van der Waals surface area contributed by atoms with Crippen LogP contribution in [0.5, 0.6) is 0 Å². The number of amides is 5. The molecule has 3 rings (SSSR count). The molecule has 0 unspecified atom stereocenters. The van der Waals surface area contributed by atoms with Gasteiger partial charge in [-0.05, 0) is 70.2 Å². The number of imide groups is 1. The van der Waals surface area contributed by atoms with E-state index >= 15 is 0 Å². The van der Waals surface area contributed by atoms with Crippen LogP contribution in [0, 0.1) is 5.92 Å². The van der Waals surface area contributed by atoms with Crippen molar-refractivity contribution in [2.24, 2.45) is 5.92 Å². The van der Waals surface area contributed by atoms with Crippen LogP contribution in [0.2, 0.25) is 0 Å². The molecule has 8 nitrogen and oxygen atoms in total. The van der Waals surface area contributed by atoms with Gasteiger partial charge >= 0.3 is 6.03 Å². The summed E-state index contributed by atoms with van der Waals surface area (Å²) in [6, 6.07) is 6.32. The lowest BCUT2D eigenvalue weighted by Crippen LogP contribution is -2.50. The summed E-state index contributed by atoms with van der Waals surface area (Å²) in [6.07, 6.45) is 2.74. The molecule has 2 fully saturated rings. The molecule has 1 aromatic carbocycles. The minimum Gasteiger partial charge on any atom is -0.347 e. The summed E-state index contributed by atoms with van der Waals surface area (Å²) in [5.41, 5.74) is 0.00766. The Labute approximate surface area is 170 Å². The van der Waals surface area contributed by atoms with Crippen molar-refractivity contribution in [3.8, 4) is 0 Å². The molecule has 0 bridgehead atoms. The first-order valence-electron chi connectivity index (χ1n) is 10.0. The van der Waals surface area contributed by atoms with Gasteiger partial charge in [0.2, 0.25) is 5.91 Å². The maximum Gasteiger partial charge on any atom is 0.322 e. The van der Waals surface area contributed by atoms with Gasteiger partial charge in [0.25, 0.3) is 11.8 Å². The maximum atomic E-state index is 12.6. The van der Waals surface area contributed by atoms with Crippen molar-refractivity contribution < 1.29 is 19.2 Å². The van der Waals surface area contributed by atoms with E-state index < -0.39 is 11.6 Å². The van der Waals surface area contributed by atoms with E-state index in [0.717, 1.165) is 6.42 Å². The van der Waals surface area contributed by atoms with Crippen molar-refractivity contribution in [3.63, 3.8) is 0 Å². The van der Waals surface area contributed by atoms with Crippen LogP contribution >= 0.6 is 0 Å². The highest BCUT2D eigenvalue weighted by Crippen LogP contribution is 2.34. The highest BCUT2D eigenvalue weighted by atomic mass is 16.2. The zero-order chi connectivity index (χ0) is 21.2. The van der Waals surface area contributed by atoms with Crippen molar-refractivity contribution in [1.29, 1.82) is 0 Å². The van der Waals surface area contributed by atoms with Gasteiger partial charge in [0.15, 0.2) is 0 Å². The van der Waals surface area contributed by atoms with Crippen LogP contribution in [0.25, 0.3) is 0 Å². The Bertz CT molecular complexity index is 824. The minimum atomic E-state index is -0.866. The summed E-state index contributed by atoms with van der Waals surface area (Å²) in [4.78, 5) is 48.3. The average molecular weight is 400 g/mol. The van der Waals surface area contributed by atoms with Gasteiger partial charge in [-0.2, -0.15) is 0 Å². The zero-order valence-electron chi connectivity index (χ0n) is 17.1. The molecule has 0 radical (unpaired) electrons. The van der Waals surface area contributed by atoms with Crippen LogP contribution in [0.4, 0.5) is 10.5 Å². The van der Waals surface area contributed by atoms with E-state index in [4.69, 9.17) is 0 Å². The van der Waals surface area contributed by atoms with Crippen molar-refractivity contribution in [2.75, 3.05) is 5.32 Å². The summed E-state index contributed by atoms with van der Waals surface area (Å²) in [6.45, 7) is 5.95. The van der Waals surface area contributed by atoms with E-state index in [2.05, 4.69) is 21.3 Å². The van der Waals surface area contributed by atoms with Crippen LogP contribution < -0.4 is 21.3 Å². The standard InChI is InChI=1S/C21H28N4O4/c1-4-20(2,3)24-17(27)13-5-7-15(8-6-13)22-16(26)14-9-11-21(12-10-14)18(28)23-19(29)25-21/h5-8,14H,4,9-12H2,1-3H3,(H,22,26)(H,24,27)(H2,23,25,28,29). The SMILES string of the molecule is CCC(C)(C)NC(=O)c1ccc(NC(=O)C2CCC3(CC2)NC(=O)NC3=O)cc1. The topological polar surface area (TPSA) is 116 Å². The van der Waals surface area contributed by atoms with E-state index in [-0.39, 0.29) is 29.2 Å². The van der Waals surface area contributed by atoms with Gasteiger partial charge < -0.3 is 16.0 Å². The fourth-order valence-corrected chi connectivity index (χ4v) is 3.67. The molecular weight excluding hydrogens is 372 g/mol. The number of benzene rings is 1. The first kappa shape index (κ1) is 20.8. The Balaban J connectivity index is 1.54. The molecule has 156 valence electrons. The van der Waals surface area contributed by atoms with Gasteiger partial charge in [0.05, 0.1) is 0 Å². The number of hydrogen-bond donors (Lipinski definition) is 4. The molecule has 1 aromatic rings. The average Bonchev–Trinajstić information content (AvgIpc) is 2.95. The monoisotopic (exact) mass is 400 g/mol. The second kappa shape index (κ2) is 7.85. The smallest absolute Gasteiger partial charge is 0.322 e. The molecule has 5 amide bonds. The molecule has 4 N–H and O–H groups in total. The second-order valence-corrected chi connectivity index (χ2v) is 8.52. The fourth-order valence-electron chi connectivity index (χ4n) is 3.67. The normalized spacial score (nSPS) is 24.0. The van der Waals surface area contributed by atoms with E-state index in [1.165, 1.54) is 0 Å². The van der Waals surface area contributed by atoms with Gasteiger partial charge in [0.1, 0.15) is 5.54 Å². The van der Waals surface area contributed by atoms with Gasteiger partial charge in [-0.1, -0.05) is 6.92 Å². The Hall–Kier alpha value is -2.90. The first-order valence-corrected chi connectivity index (χ1v) is 10.0. The quantitative estimate of drug-likeness (QED) is 0.568. The molecule has 0 atom stereocenters. The number of nitrogens with one attached hydrogen (secondary N) is 4. The minimum absolute atomic E-state index is 0.117. The van der Waals surface area contributed by atoms with Crippen LogP contribution in [0.15, 0.2) is 24.3 Å². The predicted octanol–water partition coefficient (Wildman–Crippen LogP) is 2.31. The summed E-state index contributed by atoms with van der Waals surface area (Å²) < 4.78 is 0. The van der Waals surface area contributed by atoms with Crippen molar-refractivity contribution in [3.05, 3.63) is 29.8 Å². The molecule has 1 spiro atoms. The predicted molar refractivity (Wildman–Crippen MR) is 108 cm³/mol. The van der Waals surface area contributed by atoms with Gasteiger partial charge in [-0.25, -0.2) is 4.79 Å². The molecule has 1 heterocycles. The Morgan fingerprint density at radius 1 is 1.14 bits per heavy atom. The van der Waals surface area contributed by atoms with Gasteiger partial charge in [0, 0.05) is 22.7 Å². The van der Waals surface area contributed by atoms with Crippen LogP contribution in [0.1, 0.15) is 63.2 Å². The number of carbonyl (C=O) groups excluding carboxylic acids is 4. The third-order valence-electron chi connectivity index (χ3n) is 5.97. The fraction of sp³-hybridized carbons (Fsp3) is 0.524. The molecule has 1 aliphatic carbocycles.